The highest BCUT2D eigenvalue weighted by atomic mass is 19.4. The van der Waals surface area contributed by atoms with Crippen molar-refractivity contribution in [1.29, 1.82) is 0 Å². The summed E-state index contributed by atoms with van der Waals surface area (Å²) in [6, 6.07) is 10.1. The highest BCUT2D eigenvalue weighted by Crippen LogP contribution is 2.33. The van der Waals surface area contributed by atoms with E-state index in [1.165, 1.54) is 12.4 Å². The van der Waals surface area contributed by atoms with Gasteiger partial charge in [0.15, 0.2) is 11.6 Å². The molecule has 33 heavy (non-hydrogen) atoms. The summed E-state index contributed by atoms with van der Waals surface area (Å²) in [7, 11) is 0. The number of Topliss-reactive ketones (excluding diaryl/α,β-unsaturated/α-hetero) is 2. The third-order valence-corrected chi connectivity index (χ3v) is 4.99. The number of rotatable bonds is 6. The lowest BCUT2D eigenvalue weighted by molar-refractivity contribution is -0.137. The monoisotopic (exact) mass is 456 g/mol. The molecule has 9 heteroatoms. The van der Waals surface area contributed by atoms with Gasteiger partial charge in [-0.15, -0.1) is 0 Å². The van der Waals surface area contributed by atoms with Crippen LogP contribution in [0.3, 0.4) is 0 Å². The first-order valence-electron chi connectivity index (χ1n) is 9.88. The number of ether oxygens (including phenoxy) is 1. The van der Waals surface area contributed by atoms with Crippen LogP contribution >= 0.6 is 0 Å². The van der Waals surface area contributed by atoms with E-state index >= 15 is 0 Å². The van der Waals surface area contributed by atoms with Crippen molar-refractivity contribution < 1.29 is 31.9 Å². The molecule has 3 aromatic rings. The maximum absolute atomic E-state index is 13.9. The second-order valence-corrected chi connectivity index (χ2v) is 7.45. The predicted octanol–water partition coefficient (Wildman–Crippen LogP) is 5.21. The predicted molar refractivity (Wildman–Crippen MR) is 111 cm³/mol. The van der Waals surface area contributed by atoms with Crippen molar-refractivity contribution in [3.8, 4) is 11.5 Å². The Morgan fingerprint density at radius 1 is 1.03 bits per heavy atom. The highest BCUT2D eigenvalue weighted by molar-refractivity contribution is 6.29. The smallest absolute Gasteiger partial charge is 0.416 e. The van der Waals surface area contributed by atoms with Crippen molar-refractivity contribution in [3.63, 3.8) is 0 Å². The van der Waals surface area contributed by atoms with Gasteiger partial charge in [0, 0.05) is 31.0 Å². The van der Waals surface area contributed by atoms with Crippen molar-refractivity contribution in [2.75, 3.05) is 0 Å². The van der Waals surface area contributed by atoms with Gasteiger partial charge in [0.25, 0.3) is 0 Å². The van der Waals surface area contributed by atoms with Crippen LogP contribution < -0.4 is 4.74 Å². The molecule has 4 rings (SSSR count). The van der Waals surface area contributed by atoms with E-state index in [0.29, 0.717) is 46.6 Å². The van der Waals surface area contributed by atoms with Gasteiger partial charge in [0.05, 0.1) is 11.8 Å². The molecular weight excluding hydrogens is 440 g/mol. The van der Waals surface area contributed by atoms with Crippen LogP contribution in [0.4, 0.5) is 23.4 Å². The van der Waals surface area contributed by atoms with E-state index in [4.69, 9.17) is 4.74 Å². The summed E-state index contributed by atoms with van der Waals surface area (Å²) < 4.78 is 58.3. The first-order valence-corrected chi connectivity index (χ1v) is 9.88. The number of hydrogen-bond donors (Lipinski definition) is 0. The zero-order chi connectivity index (χ0) is 23.6. The molecule has 1 aliphatic rings. The minimum absolute atomic E-state index is 0.0795. The molecular formula is C24H16F4N2O3. The molecule has 5 nitrogen and oxygen atoms in total. The summed E-state index contributed by atoms with van der Waals surface area (Å²) in [5, 5.41) is 0. The summed E-state index contributed by atoms with van der Waals surface area (Å²) in [6.07, 6.45) is -2.29. The van der Waals surface area contributed by atoms with Gasteiger partial charge in [-0.3, -0.25) is 9.59 Å². The first-order chi connectivity index (χ1) is 15.7. The van der Waals surface area contributed by atoms with Crippen molar-refractivity contribution >= 4 is 23.6 Å². The van der Waals surface area contributed by atoms with Gasteiger partial charge in [0.2, 0.25) is 0 Å². The Hall–Kier alpha value is -3.88. The van der Waals surface area contributed by atoms with Gasteiger partial charge in [-0.1, -0.05) is 12.1 Å². The Morgan fingerprint density at radius 2 is 1.79 bits per heavy atom. The fraction of sp³-hybridized carbons (Fsp3) is 0.167. The van der Waals surface area contributed by atoms with Gasteiger partial charge in [-0.05, 0) is 47.5 Å². The molecule has 1 aromatic heterocycles. The number of benzene rings is 2. The van der Waals surface area contributed by atoms with E-state index in [1.54, 1.807) is 30.3 Å². The van der Waals surface area contributed by atoms with E-state index < -0.39 is 29.8 Å². The summed E-state index contributed by atoms with van der Waals surface area (Å²) in [4.78, 5) is 32.1. The van der Waals surface area contributed by atoms with Gasteiger partial charge >= 0.3 is 6.18 Å². The molecule has 0 aliphatic carbocycles. The Kier molecular flexibility index (Phi) is 6.04. The van der Waals surface area contributed by atoms with Gasteiger partial charge in [-0.2, -0.15) is 13.2 Å². The van der Waals surface area contributed by atoms with Crippen LogP contribution in [0.1, 0.15) is 22.3 Å². The molecule has 0 saturated carbocycles. The molecule has 168 valence electrons. The summed E-state index contributed by atoms with van der Waals surface area (Å²) in [5.41, 5.74) is -0.128. The highest BCUT2D eigenvalue weighted by Gasteiger charge is 2.31. The Labute approximate surface area is 185 Å². The number of ketones is 2. The molecule has 0 bridgehead atoms. The van der Waals surface area contributed by atoms with Gasteiger partial charge in [-0.25, -0.2) is 14.4 Å². The third-order valence-electron chi connectivity index (χ3n) is 4.99. The summed E-state index contributed by atoms with van der Waals surface area (Å²) in [6.45, 7) is 0. The summed E-state index contributed by atoms with van der Waals surface area (Å²) in [5.74, 6) is -0.146. The molecule has 0 amide bonds. The number of halogens is 4. The quantitative estimate of drug-likeness (QED) is 0.478. The van der Waals surface area contributed by atoms with E-state index in [9.17, 15) is 27.2 Å². The maximum Gasteiger partial charge on any atom is 0.416 e. The second kappa shape index (κ2) is 8.93. The van der Waals surface area contributed by atoms with Crippen molar-refractivity contribution in [1.82, 2.24) is 4.98 Å². The molecule has 2 aromatic carbocycles. The number of aliphatic imine (C=N–C) groups is 1. The van der Waals surface area contributed by atoms with Crippen LogP contribution in [0.15, 0.2) is 59.7 Å². The molecule has 0 saturated heterocycles. The molecule has 0 atom stereocenters. The van der Waals surface area contributed by atoms with Crippen LogP contribution in [-0.2, 0) is 35.0 Å². The fourth-order valence-corrected chi connectivity index (χ4v) is 3.38. The fourth-order valence-electron chi connectivity index (χ4n) is 3.38. The van der Waals surface area contributed by atoms with Gasteiger partial charge in [0.1, 0.15) is 23.1 Å². The summed E-state index contributed by atoms with van der Waals surface area (Å²) >= 11 is 0. The lowest BCUT2D eigenvalue weighted by atomic mass is 10.0. The average molecular weight is 456 g/mol. The topological polar surface area (TPSA) is 68.6 Å². The van der Waals surface area contributed by atoms with Crippen LogP contribution in [0, 0.1) is 5.82 Å². The number of alkyl halides is 3. The number of carbonyl (C=O) groups excluding carboxylic acids is 2. The van der Waals surface area contributed by atoms with Gasteiger partial charge < -0.3 is 4.74 Å². The molecule has 0 fully saturated rings. The zero-order valence-electron chi connectivity index (χ0n) is 17.0. The normalized spacial score (nSPS) is 13.0. The molecule has 0 N–H and O–H groups in total. The van der Waals surface area contributed by atoms with Crippen LogP contribution in [0.25, 0.3) is 0 Å². The molecule has 0 radical (unpaired) electrons. The van der Waals surface area contributed by atoms with Crippen molar-refractivity contribution in [3.05, 3.63) is 82.8 Å². The molecule has 0 spiro atoms. The van der Waals surface area contributed by atoms with E-state index in [0.717, 1.165) is 0 Å². The van der Waals surface area contributed by atoms with E-state index in [-0.39, 0.29) is 24.2 Å². The van der Waals surface area contributed by atoms with Crippen molar-refractivity contribution in [2.45, 2.75) is 25.4 Å². The SMILES string of the molecule is O=C1C=Nc2nccc(Oc3ccc(CC(=O)Cc4cc(C(F)(F)F)ccc4F)cc3)c2C1. The number of pyridine rings is 1. The molecule has 2 heterocycles. The maximum atomic E-state index is 13.9. The Bertz CT molecular complexity index is 1250. The number of nitrogens with zero attached hydrogens (tertiary/aromatic N) is 2. The number of fused-ring (bicyclic) bond motifs is 1. The lowest BCUT2D eigenvalue weighted by Gasteiger charge is -2.14. The number of aromatic nitrogens is 1. The van der Waals surface area contributed by atoms with Crippen molar-refractivity contribution in [2.24, 2.45) is 4.99 Å². The van der Waals surface area contributed by atoms with E-state index in [1.807, 2.05) is 0 Å². The minimum atomic E-state index is -4.62. The largest absolute Gasteiger partial charge is 0.457 e. The van der Waals surface area contributed by atoms with Crippen LogP contribution in [-0.4, -0.2) is 22.8 Å². The standard InChI is InChI=1S/C24H16F4N2O3/c25-21-6-3-16(24(26,27)28)10-15(21)11-17(31)9-14-1-4-19(5-2-14)33-22-7-8-29-23-20(22)12-18(32)13-30-23/h1-8,10,13H,9,11-12H2. The second-order valence-electron chi connectivity index (χ2n) is 7.45. The van der Waals surface area contributed by atoms with E-state index in [2.05, 4.69) is 9.98 Å². The number of hydrogen-bond acceptors (Lipinski definition) is 5. The average Bonchev–Trinajstić information content (AvgIpc) is 2.76. The zero-order valence-corrected chi connectivity index (χ0v) is 17.0. The lowest BCUT2D eigenvalue weighted by Crippen LogP contribution is -2.11. The molecule has 0 unspecified atom stereocenters. The Morgan fingerprint density at radius 3 is 2.52 bits per heavy atom. The first kappa shape index (κ1) is 22.3. The Balaban J connectivity index is 1.42. The third kappa shape index (κ3) is 5.31. The van der Waals surface area contributed by atoms with Crippen LogP contribution in [0.2, 0.25) is 0 Å². The van der Waals surface area contributed by atoms with Crippen LogP contribution in [0.5, 0.6) is 11.5 Å². The number of carbonyl (C=O) groups is 2. The minimum Gasteiger partial charge on any atom is -0.457 e. The molecule has 1 aliphatic heterocycles.